The Morgan fingerprint density at radius 1 is 0.846 bits per heavy atom. The number of hydrogen-bond acceptors (Lipinski definition) is 10. The van der Waals surface area contributed by atoms with Crippen LogP contribution in [0.1, 0.15) is 71.6 Å². The van der Waals surface area contributed by atoms with Crippen molar-refractivity contribution in [3.8, 4) is 0 Å². The van der Waals surface area contributed by atoms with Crippen LogP contribution in [-0.4, -0.2) is 64.7 Å². The number of benzene rings is 1. The first-order valence-corrected chi connectivity index (χ1v) is 12.7. The van der Waals surface area contributed by atoms with Crippen LogP contribution in [0.25, 0.3) is 0 Å². The molecule has 1 aliphatic rings. The van der Waals surface area contributed by atoms with Crippen molar-refractivity contribution in [3.63, 3.8) is 0 Å². The van der Waals surface area contributed by atoms with Gasteiger partial charge in [0, 0.05) is 45.2 Å². The highest BCUT2D eigenvalue weighted by molar-refractivity contribution is 5.68. The average molecular weight is 545 g/mol. The van der Waals surface area contributed by atoms with E-state index in [9.17, 15) is 19.2 Å². The van der Waals surface area contributed by atoms with Crippen molar-refractivity contribution in [1.82, 2.24) is 9.78 Å². The molecular formula is C28H36N2O9. The SMILES string of the molecule is CC(=O)OC[C@H]1O[C@@H](n2nc(C(C)(C)C)cc2Cc2ccccc2)[C@H](OC(C)=O)[C@@H](OC(C)=O)[C@@H]1OC(C)=O. The van der Waals surface area contributed by atoms with Crippen LogP contribution in [0.2, 0.25) is 0 Å². The summed E-state index contributed by atoms with van der Waals surface area (Å²) in [6.45, 7) is 10.5. The predicted molar refractivity (Wildman–Crippen MR) is 137 cm³/mol. The first-order chi connectivity index (χ1) is 18.3. The molecule has 1 aromatic heterocycles. The van der Waals surface area contributed by atoms with Crippen LogP contribution in [0.5, 0.6) is 0 Å². The van der Waals surface area contributed by atoms with Crippen molar-refractivity contribution in [2.45, 2.75) is 90.9 Å². The molecule has 11 nitrogen and oxygen atoms in total. The molecule has 1 aromatic carbocycles. The standard InChI is InChI=1S/C28H36N2O9/c1-16(31)35-15-22-24(36-17(2)32)25(37-18(3)33)26(38-19(4)34)27(39-22)30-21(13-20-11-9-8-10-12-20)14-23(29-30)28(5,6)7/h8-12,14,22,24-27H,13,15H2,1-7H3/t22-,24-,25+,26-,27-/m1/s1. The second-order valence-corrected chi connectivity index (χ2v) is 10.5. The van der Waals surface area contributed by atoms with Crippen LogP contribution in [-0.2, 0) is 54.7 Å². The molecule has 2 aromatic rings. The highest BCUT2D eigenvalue weighted by Gasteiger charge is 2.53. The highest BCUT2D eigenvalue weighted by atomic mass is 16.7. The third kappa shape index (κ3) is 7.89. The molecule has 0 unspecified atom stereocenters. The maximum absolute atomic E-state index is 12.3. The predicted octanol–water partition coefficient (Wildman–Crippen LogP) is 3.03. The average Bonchev–Trinajstić information content (AvgIpc) is 3.24. The fourth-order valence-electron chi connectivity index (χ4n) is 4.36. The Hall–Kier alpha value is -3.73. The molecule has 11 heteroatoms. The molecule has 3 rings (SSSR count). The summed E-state index contributed by atoms with van der Waals surface area (Å²) in [5.41, 5.74) is 2.16. The van der Waals surface area contributed by atoms with Gasteiger partial charge in [0.05, 0.1) is 5.69 Å². The van der Waals surface area contributed by atoms with E-state index in [0.717, 1.165) is 17.0 Å². The molecule has 2 heterocycles. The van der Waals surface area contributed by atoms with Crippen LogP contribution in [0.4, 0.5) is 0 Å². The Kier molecular flexibility index (Phi) is 9.49. The zero-order chi connectivity index (χ0) is 28.9. The molecular weight excluding hydrogens is 508 g/mol. The smallest absolute Gasteiger partial charge is 0.303 e. The van der Waals surface area contributed by atoms with Gasteiger partial charge in [-0.15, -0.1) is 0 Å². The third-order valence-corrected chi connectivity index (χ3v) is 6.02. The van der Waals surface area contributed by atoms with Gasteiger partial charge in [-0.3, -0.25) is 19.2 Å². The second kappa shape index (κ2) is 12.4. The van der Waals surface area contributed by atoms with Crippen LogP contribution in [0.15, 0.2) is 36.4 Å². The number of ether oxygens (including phenoxy) is 5. The normalized spacial score (nSPS) is 23.0. The summed E-state index contributed by atoms with van der Waals surface area (Å²) in [5, 5.41) is 4.83. The molecule has 0 spiro atoms. The number of hydrogen-bond donors (Lipinski definition) is 0. The Morgan fingerprint density at radius 2 is 1.41 bits per heavy atom. The minimum Gasteiger partial charge on any atom is -0.463 e. The van der Waals surface area contributed by atoms with E-state index in [1.807, 2.05) is 57.2 Å². The van der Waals surface area contributed by atoms with Gasteiger partial charge >= 0.3 is 23.9 Å². The number of carbonyl (C=O) groups is 4. The summed E-state index contributed by atoms with van der Waals surface area (Å²) in [6.07, 6.45) is -5.46. The lowest BCUT2D eigenvalue weighted by Gasteiger charge is -2.44. The van der Waals surface area contributed by atoms with Gasteiger partial charge in [-0.1, -0.05) is 51.1 Å². The summed E-state index contributed by atoms with van der Waals surface area (Å²) >= 11 is 0. The Bertz CT molecular complexity index is 1190. The van der Waals surface area contributed by atoms with Crippen LogP contribution in [0, 0.1) is 0 Å². The Morgan fingerprint density at radius 3 is 1.95 bits per heavy atom. The van der Waals surface area contributed by atoms with E-state index in [2.05, 4.69) is 0 Å². The van der Waals surface area contributed by atoms with Crippen molar-refractivity contribution in [2.75, 3.05) is 6.61 Å². The molecule has 0 bridgehead atoms. The van der Waals surface area contributed by atoms with E-state index in [1.165, 1.54) is 27.7 Å². The lowest BCUT2D eigenvalue weighted by Crippen LogP contribution is -2.60. The van der Waals surface area contributed by atoms with Crippen molar-refractivity contribution in [3.05, 3.63) is 53.3 Å². The van der Waals surface area contributed by atoms with Gasteiger partial charge in [0.25, 0.3) is 0 Å². The topological polar surface area (TPSA) is 132 Å². The van der Waals surface area contributed by atoms with Gasteiger partial charge in [-0.05, 0) is 11.6 Å². The van der Waals surface area contributed by atoms with E-state index in [0.29, 0.717) is 6.42 Å². The largest absolute Gasteiger partial charge is 0.463 e. The molecule has 212 valence electrons. The van der Waals surface area contributed by atoms with Gasteiger partial charge in [-0.2, -0.15) is 5.10 Å². The number of rotatable bonds is 8. The van der Waals surface area contributed by atoms with Crippen LogP contribution in [0.3, 0.4) is 0 Å². The molecule has 1 fully saturated rings. The Labute approximate surface area is 227 Å². The minimum atomic E-state index is -1.28. The monoisotopic (exact) mass is 544 g/mol. The lowest BCUT2D eigenvalue weighted by atomic mass is 9.92. The molecule has 0 radical (unpaired) electrons. The van der Waals surface area contributed by atoms with E-state index in [-0.39, 0.29) is 12.0 Å². The van der Waals surface area contributed by atoms with Crippen LogP contribution < -0.4 is 0 Å². The van der Waals surface area contributed by atoms with Crippen molar-refractivity contribution >= 4 is 23.9 Å². The lowest BCUT2D eigenvalue weighted by molar-refractivity contribution is -0.270. The maximum atomic E-state index is 12.3. The Balaban J connectivity index is 2.18. The van der Waals surface area contributed by atoms with Gasteiger partial charge < -0.3 is 23.7 Å². The molecule has 0 saturated carbocycles. The first kappa shape index (κ1) is 29.8. The fraction of sp³-hybridized carbons (Fsp3) is 0.536. The van der Waals surface area contributed by atoms with Gasteiger partial charge in [-0.25, -0.2) is 4.68 Å². The molecule has 1 aliphatic heterocycles. The van der Waals surface area contributed by atoms with Gasteiger partial charge in [0.1, 0.15) is 12.7 Å². The van der Waals surface area contributed by atoms with Crippen molar-refractivity contribution < 1.29 is 42.9 Å². The second-order valence-electron chi connectivity index (χ2n) is 10.5. The quantitative estimate of drug-likeness (QED) is 0.361. The number of nitrogens with zero attached hydrogens (tertiary/aromatic N) is 2. The summed E-state index contributed by atoms with van der Waals surface area (Å²) in [7, 11) is 0. The summed E-state index contributed by atoms with van der Waals surface area (Å²) in [6, 6.07) is 11.7. The summed E-state index contributed by atoms with van der Waals surface area (Å²) in [5.74, 6) is -2.63. The molecule has 0 aliphatic carbocycles. The molecule has 0 N–H and O–H groups in total. The highest BCUT2D eigenvalue weighted by Crippen LogP contribution is 2.36. The minimum absolute atomic E-state index is 0.310. The van der Waals surface area contributed by atoms with E-state index in [4.69, 9.17) is 28.8 Å². The van der Waals surface area contributed by atoms with Crippen LogP contribution >= 0.6 is 0 Å². The zero-order valence-electron chi connectivity index (χ0n) is 23.3. The number of esters is 4. The van der Waals surface area contributed by atoms with E-state index in [1.54, 1.807) is 4.68 Å². The van der Waals surface area contributed by atoms with E-state index < -0.39 is 54.5 Å². The zero-order valence-corrected chi connectivity index (χ0v) is 23.3. The first-order valence-electron chi connectivity index (χ1n) is 12.7. The van der Waals surface area contributed by atoms with Crippen molar-refractivity contribution in [1.29, 1.82) is 0 Å². The summed E-state index contributed by atoms with van der Waals surface area (Å²) < 4.78 is 29.9. The maximum Gasteiger partial charge on any atom is 0.303 e. The molecule has 1 saturated heterocycles. The molecule has 0 amide bonds. The van der Waals surface area contributed by atoms with Gasteiger partial charge in [0.2, 0.25) is 0 Å². The summed E-state index contributed by atoms with van der Waals surface area (Å²) in [4.78, 5) is 48.1. The molecule has 5 atom stereocenters. The molecule has 39 heavy (non-hydrogen) atoms. The fourth-order valence-corrected chi connectivity index (χ4v) is 4.36. The third-order valence-electron chi connectivity index (χ3n) is 6.02. The van der Waals surface area contributed by atoms with Gasteiger partial charge in [0.15, 0.2) is 24.5 Å². The number of carbonyl (C=O) groups excluding carboxylic acids is 4. The van der Waals surface area contributed by atoms with E-state index >= 15 is 0 Å². The number of aromatic nitrogens is 2. The van der Waals surface area contributed by atoms with Crippen molar-refractivity contribution in [2.24, 2.45) is 0 Å².